The minimum atomic E-state index is 0. The van der Waals surface area contributed by atoms with Crippen LogP contribution in [0, 0.1) is 0 Å². The standard InChI is InChI=1S/C21H19N3.C3H8.2H3N/c1-2-24-20-13-16(23)9-11-18(20)17-10-8-15(22)12-19(17)21(24)14-6-4-3-5-7-14;1-3-2;;/h3-13,23H,2,22H2,1H3;3H2,1-2H3;2*1H3/p+1. The molecule has 10 N–H and O–H groups in total. The number of rotatable bonds is 2. The number of fused-ring (bicyclic) bond motifs is 3. The first-order chi connectivity index (χ1) is 13.1. The van der Waals surface area contributed by atoms with Gasteiger partial charge in [0.05, 0.1) is 10.8 Å². The maximum absolute atomic E-state index is 6.10. The Morgan fingerprint density at radius 1 is 0.690 bits per heavy atom. The molecule has 29 heavy (non-hydrogen) atoms. The number of hydrogen-bond acceptors (Lipinski definition) is 4. The van der Waals surface area contributed by atoms with Crippen molar-refractivity contribution in [2.45, 2.75) is 33.7 Å². The number of pyridine rings is 1. The van der Waals surface area contributed by atoms with E-state index in [1.807, 2.05) is 18.2 Å². The summed E-state index contributed by atoms with van der Waals surface area (Å²) in [4.78, 5) is 0. The molecule has 0 unspecified atom stereocenters. The van der Waals surface area contributed by atoms with Crippen molar-refractivity contribution in [1.82, 2.24) is 12.3 Å². The second-order valence-corrected chi connectivity index (χ2v) is 6.75. The fourth-order valence-electron chi connectivity index (χ4n) is 3.49. The number of nitrogens with zero attached hydrogens (tertiary/aromatic N) is 1. The van der Waals surface area contributed by atoms with Crippen LogP contribution in [0.3, 0.4) is 0 Å². The summed E-state index contributed by atoms with van der Waals surface area (Å²) in [6.45, 7) is 7.27. The van der Waals surface area contributed by atoms with E-state index in [2.05, 4.69) is 73.9 Å². The summed E-state index contributed by atoms with van der Waals surface area (Å²) in [5.74, 6) is 0. The third-order valence-corrected chi connectivity index (χ3v) is 4.53. The zero-order valence-corrected chi connectivity index (χ0v) is 17.8. The molecule has 0 amide bonds. The Hall–Kier alpha value is -3.15. The highest BCUT2D eigenvalue weighted by Gasteiger charge is 2.22. The Balaban J connectivity index is 0.000000794. The van der Waals surface area contributed by atoms with E-state index in [0.717, 1.165) is 23.4 Å². The number of benzene rings is 3. The molecule has 4 rings (SSSR count). The van der Waals surface area contributed by atoms with Crippen LogP contribution in [-0.2, 0) is 6.54 Å². The second kappa shape index (κ2) is 10.4. The van der Waals surface area contributed by atoms with Gasteiger partial charge in [-0.05, 0) is 43.3 Å². The predicted molar refractivity (Wildman–Crippen MR) is 128 cm³/mol. The van der Waals surface area contributed by atoms with E-state index >= 15 is 0 Å². The fourth-order valence-corrected chi connectivity index (χ4v) is 3.49. The molecule has 0 aliphatic rings. The monoisotopic (exact) mass is 392 g/mol. The second-order valence-electron chi connectivity index (χ2n) is 6.75. The van der Waals surface area contributed by atoms with Gasteiger partial charge < -0.3 is 23.8 Å². The van der Waals surface area contributed by atoms with Gasteiger partial charge >= 0.3 is 0 Å². The summed E-state index contributed by atoms with van der Waals surface area (Å²) in [5, 5.41) is 3.56. The molecule has 0 bridgehead atoms. The van der Waals surface area contributed by atoms with Crippen molar-refractivity contribution in [3.8, 4) is 11.3 Å². The number of hydrogen-bond donors (Lipinski definition) is 4. The molecule has 0 atom stereocenters. The molecule has 0 saturated heterocycles. The van der Waals surface area contributed by atoms with Crippen molar-refractivity contribution in [1.29, 1.82) is 0 Å². The van der Waals surface area contributed by atoms with Crippen LogP contribution in [0.2, 0.25) is 0 Å². The molecule has 0 saturated carbocycles. The maximum Gasteiger partial charge on any atom is 0.220 e. The lowest BCUT2D eigenvalue weighted by Crippen LogP contribution is -2.36. The van der Waals surface area contributed by atoms with Crippen LogP contribution >= 0.6 is 0 Å². The van der Waals surface area contributed by atoms with E-state index in [0.29, 0.717) is 0 Å². The minimum Gasteiger partial charge on any atom is -0.399 e. The lowest BCUT2D eigenvalue weighted by molar-refractivity contribution is -0.655. The van der Waals surface area contributed by atoms with Gasteiger partial charge in [-0.25, -0.2) is 0 Å². The lowest BCUT2D eigenvalue weighted by Gasteiger charge is -2.12. The maximum atomic E-state index is 6.10. The van der Waals surface area contributed by atoms with Crippen molar-refractivity contribution in [3.63, 3.8) is 0 Å². The van der Waals surface area contributed by atoms with Crippen molar-refractivity contribution < 1.29 is 4.57 Å². The molecule has 0 radical (unpaired) electrons. The molecule has 0 spiro atoms. The van der Waals surface area contributed by atoms with Gasteiger partial charge in [0.2, 0.25) is 11.2 Å². The van der Waals surface area contributed by atoms with Gasteiger partial charge in [0.1, 0.15) is 6.54 Å². The Morgan fingerprint density at radius 3 is 1.83 bits per heavy atom. The van der Waals surface area contributed by atoms with Gasteiger partial charge in [-0.15, -0.1) is 0 Å². The fraction of sp³-hybridized carbons (Fsp3) is 0.208. The Morgan fingerprint density at radius 2 is 1.24 bits per heavy atom. The molecular formula is C24H34N5+. The summed E-state index contributed by atoms with van der Waals surface area (Å²) in [5.41, 5.74) is 17.2. The summed E-state index contributed by atoms with van der Waals surface area (Å²) in [6.07, 6.45) is 1.25. The normalized spacial score (nSPS) is 9.90. The Labute approximate surface area is 173 Å². The lowest BCUT2D eigenvalue weighted by atomic mass is 9.98. The predicted octanol–water partition coefficient (Wildman–Crippen LogP) is 5.87. The number of aromatic nitrogens is 1. The zero-order valence-electron chi connectivity index (χ0n) is 17.8. The summed E-state index contributed by atoms with van der Waals surface area (Å²) in [6, 6.07) is 22.7. The van der Waals surface area contributed by atoms with E-state index in [-0.39, 0.29) is 12.3 Å². The number of nitrogens with two attached hydrogens (primary N) is 2. The van der Waals surface area contributed by atoms with Crippen molar-refractivity contribution >= 4 is 33.1 Å². The molecular weight excluding hydrogens is 358 g/mol. The van der Waals surface area contributed by atoms with E-state index in [1.165, 1.54) is 33.8 Å². The van der Waals surface area contributed by atoms with E-state index in [1.54, 1.807) is 0 Å². The van der Waals surface area contributed by atoms with Crippen LogP contribution in [0.5, 0.6) is 0 Å². The smallest absolute Gasteiger partial charge is 0.220 e. The van der Waals surface area contributed by atoms with Gasteiger partial charge in [-0.1, -0.05) is 44.5 Å². The quantitative estimate of drug-likeness (QED) is 0.193. The summed E-state index contributed by atoms with van der Waals surface area (Å²) >= 11 is 0. The third-order valence-electron chi connectivity index (χ3n) is 4.53. The van der Waals surface area contributed by atoms with Crippen LogP contribution < -0.4 is 28.3 Å². The Kier molecular flexibility index (Phi) is 8.57. The van der Waals surface area contributed by atoms with Crippen molar-refractivity contribution in [2.75, 3.05) is 11.5 Å². The van der Waals surface area contributed by atoms with Crippen LogP contribution in [0.4, 0.5) is 11.4 Å². The van der Waals surface area contributed by atoms with Crippen molar-refractivity contribution in [3.05, 3.63) is 66.7 Å². The van der Waals surface area contributed by atoms with E-state index < -0.39 is 0 Å². The first-order valence-electron chi connectivity index (χ1n) is 9.60. The zero-order chi connectivity index (χ0) is 19.4. The highest BCUT2D eigenvalue weighted by atomic mass is 15.0. The molecule has 154 valence electrons. The van der Waals surface area contributed by atoms with Crippen LogP contribution in [0.25, 0.3) is 32.9 Å². The molecule has 5 nitrogen and oxygen atoms in total. The first-order valence-corrected chi connectivity index (χ1v) is 9.60. The van der Waals surface area contributed by atoms with Crippen LogP contribution in [0.15, 0.2) is 66.7 Å². The molecule has 4 aromatic rings. The minimum absolute atomic E-state index is 0. The van der Waals surface area contributed by atoms with Crippen molar-refractivity contribution in [2.24, 2.45) is 0 Å². The van der Waals surface area contributed by atoms with Crippen LogP contribution in [-0.4, -0.2) is 0 Å². The van der Waals surface area contributed by atoms with Crippen LogP contribution in [0.1, 0.15) is 27.2 Å². The highest BCUT2D eigenvalue weighted by Crippen LogP contribution is 2.33. The van der Waals surface area contributed by atoms with Gasteiger partial charge in [0.25, 0.3) is 0 Å². The summed E-state index contributed by atoms with van der Waals surface area (Å²) < 4.78 is 2.32. The largest absolute Gasteiger partial charge is 0.399 e. The molecule has 0 fully saturated rings. The average Bonchev–Trinajstić information content (AvgIpc) is 2.68. The Bertz CT molecular complexity index is 1070. The van der Waals surface area contributed by atoms with Gasteiger partial charge in [0, 0.05) is 28.4 Å². The van der Waals surface area contributed by atoms with E-state index in [9.17, 15) is 0 Å². The SMILES string of the molecule is CCC.CC[n+]1c(-c2ccccc2)c2cc(N)ccc2c2ccc(N)cc21.N.N. The number of aryl methyl sites for hydroxylation is 1. The first kappa shape index (κ1) is 23.9. The molecule has 3 aromatic carbocycles. The molecule has 0 aliphatic heterocycles. The van der Waals surface area contributed by atoms with Gasteiger partial charge in [-0.3, -0.25) is 0 Å². The third kappa shape index (κ3) is 4.65. The molecule has 1 heterocycles. The number of nitrogen functional groups attached to an aromatic ring is 2. The average molecular weight is 393 g/mol. The number of anilines is 2. The molecule has 5 heteroatoms. The molecule has 1 aromatic heterocycles. The van der Waals surface area contributed by atoms with Gasteiger partial charge in [0.15, 0.2) is 0 Å². The van der Waals surface area contributed by atoms with E-state index in [4.69, 9.17) is 11.5 Å². The highest BCUT2D eigenvalue weighted by molar-refractivity contribution is 6.10. The summed E-state index contributed by atoms with van der Waals surface area (Å²) in [7, 11) is 0. The topological polar surface area (TPSA) is 126 Å². The molecule has 0 aliphatic carbocycles. The van der Waals surface area contributed by atoms with Gasteiger partial charge in [-0.2, -0.15) is 4.57 Å².